The monoisotopic (exact) mass is 276 g/mol. The highest BCUT2D eigenvalue weighted by Crippen LogP contribution is 2.20. The molecule has 1 amide bonds. The van der Waals surface area contributed by atoms with Crippen LogP contribution in [-0.4, -0.2) is 39.9 Å². The molecule has 20 heavy (non-hydrogen) atoms. The van der Waals surface area contributed by atoms with Gasteiger partial charge in [-0.3, -0.25) is 4.79 Å². The van der Waals surface area contributed by atoms with Gasteiger partial charge in [-0.2, -0.15) is 0 Å². The predicted octanol–water partition coefficient (Wildman–Crippen LogP) is 2.70. The molecule has 0 aromatic carbocycles. The quantitative estimate of drug-likeness (QED) is 0.898. The summed E-state index contributed by atoms with van der Waals surface area (Å²) in [7, 11) is 0. The Morgan fingerprint density at radius 3 is 2.45 bits per heavy atom. The second kappa shape index (κ2) is 7.22. The van der Waals surface area contributed by atoms with Crippen LogP contribution in [0.3, 0.4) is 0 Å². The normalized spacial score (nSPS) is 15.9. The fourth-order valence-electron chi connectivity index (χ4n) is 2.64. The van der Waals surface area contributed by atoms with E-state index in [0.29, 0.717) is 24.8 Å². The Labute approximate surface area is 120 Å². The molecule has 1 aliphatic rings. The summed E-state index contributed by atoms with van der Waals surface area (Å²) in [5, 5.41) is 3.41. The minimum atomic E-state index is -0.0493. The first-order chi connectivity index (χ1) is 9.74. The van der Waals surface area contributed by atoms with Gasteiger partial charge >= 0.3 is 0 Å². The summed E-state index contributed by atoms with van der Waals surface area (Å²) in [4.78, 5) is 22.4. The summed E-state index contributed by atoms with van der Waals surface area (Å²) in [6.45, 7) is 5.32. The molecule has 5 heteroatoms. The van der Waals surface area contributed by atoms with Crippen molar-refractivity contribution in [1.82, 2.24) is 14.9 Å². The third-order valence-corrected chi connectivity index (χ3v) is 3.88. The van der Waals surface area contributed by atoms with Crippen LogP contribution in [0.2, 0.25) is 0 Å². The zero-order chi connectivity index (χ0) is 14.4. The van der Waals surface area contributed by atoms with E-state index < -0.39 is 0 Å². The maximum absolute atomic E-state index is 12.1. The lowest BCUT2D eigenvalue weighted by Crippen LogP contribution is -2.31. The van der Waals surface area contributed by atoms with Crippen molar-refractivity contribution in [2.75, 3.05) is 18.4 Å². The predicted molar refractivity (Wildman–Crippen MR) is 79.8 cm³/mol. The fraction of sp³-hybridized carbons (Fsp3) is 0.667. The van der Waals surface area contributed by atoms with Crippen LogP contribution in [0.1, 0.15) is 56.4 Å². The van der Waals surface area contributed by atoms with E-state index in [1.54, 1.807) is 17.3 Å². The molecule has 0 atom stereocenters. The van der Waals surface area contributed by atoms with Crippen molar-refractivity contribution in [3.8, 4) is 0 Å². The number of anilines is 1. The van der Waals surface area contributed by atoms with E-state index in [1.165, 1.54) is 32.1 Å². The number of aromatic nitrogens is 2. The molecule has 0 aliphatic heterocycles. The standard InChI is InChI=1S/C15H24N4O/c1-3-19(4-2)15(20)13-10-17-14(11-16-13)18-12-8-6-5-7-9-12/h10-12H,3-9H2,1-2H3,(H,17,18). The summed E-state index contributed by atoms with van der Waals surface area (Å²) in [6.07, 6.45) is 9.54. The SMILES string of the molecule is CCN(CC)C(=O)c1cnc(NC2CCCCC2)cn1. The summed E-state index contributed by atoms with van der Waals surface area (Å²) < 4.78 is 0. The Morgan fingerprint density at radius 2 is 1.90 bits per heavy atom. The molecular formula is C15H24N4O. The number of carbonyl (C=O) groups is 1. The maximum atomic E-state index is 12.1. The first kappa shape index (κ1) is 14.8. The molecular weight excluding hydrogens is 252 g/mol. The first-order valence-electron chi connectivity index (χ1n) is 7.62. The molecule has 0 unspecified atom stereocenters. The summed E-state index contributed by atoms with van der Waals surface area (Å²) >= 11 is 0. The molecule has 2 rings (SSSR count). The largest absolute Gasteiger partial charge is 0.366 e. The molecule has 110 valence electrons. The zero-order valence-electron chi connectivity index (χ0n) is 12.4. The van der Waals surface area contributed by atoms with Crippen molar-refractivity contribution in [3.63, 3.8) is 0 Å². The van der Waals surface area contributed by atoms with Gasteiger partial charge in [-0.05, 0) is 26.7 Å². The number of nitrogens with one attached hydrogen (secondary N) is 1. The van der Waals surface area contributed by atoms with Gasteiger partial charge in [-0.1, -0.05) is 19.3 Å². The minimum Gasteiger partial charge on any atom is -0.366 e. The number of rotatable bonds is 5. The van der Waals surface area contributed by atoms with E-state index in [0.717, 1.165) is 5.82 Å². The highest BCUT2D eigenvalue weighted by molar-refractivity contribution is 5.92. The molecule has 1 aromatic heterocycles. The Morgan fingerprint density at radius 1 is 1.20 bits per heavy atom. The van der Waals surface area contributed by atoms with E-state index >= 15 is 0 Å². The highest BCUT2D eigenvalue weighted by atomic mass is 16.2. The summed E-state index contributed by atoms with van der Waals surface area (Å²) in [5.41, 5.74) is 0.419. The molecule has 1 saturated carbocycles. The van der Waals surface area contributed by atoms with Crippen LogP contribution in [0.4, 0.5) is 5.82 Å². The van der Waals surface area contributed by atoms with Gasteiger partial charge in [-0.15, -0.1) is 0 Å². The minimum absolute atomic E-state index is 0.0493. The second-order valence-corrected chi connectivity index (χ2v) is 5.24. The van der Waals surface area contributed by atoms with Crippen LogP contribution in [0.25, 0.3) is 0 Å². The lowest BCUT2D eigenvalue weighted by atomic mass is 9.96. The van der Waals surface area contributed by atoms with E-state index in [1.807, 2.05) is 13.8 Å². The van der Waals surface area contributed by atoms with Gasteiger partial charge in [0, 0.05) is 19.1 Å². The van der Waals surface area contributed by atoms with Crippen LogP contribution in [0.15, 0.2) is 12.4 Å². The van der Waals surface area contributed by atoms with Crippen LogP contribution >= 0.6 is 0 Å². The molecule has 1 heterocycles. The molecule has 1 aromatic rings. The molecule has 0 radical (unpaired) electrons. The Hall–Kier alpha value is -1.65. The van der Waals surface area contributed by atoms with Gasteiger partial charge in [0.25, 0.3) is 5.91 Å². The number of amides is 1. The third-order valence-electron chi connectivity index (χ3n) is 3.88. The van der Waals surface area contributed by atoms with Gasteiger partial charge in [0.15, 0.2) is 0 Å². The molecule has 0 bridgehead atoms. The Kier molecular flexibility index (Phi) is 5.32. The van der Waals surface area contributed by atoms with Crippen molar-refractivity contribution < 1.29 is 4.79 Å². The first-order valence-corrected chi connectivity index (χ1v) is 7.62. The number of hydrogen-bond donors (Lipinski definition) is 1. The van der Waals surface area contributed by atoms with Crippen molar-refractivity contribution in [2.45, 2.75) is 52.0 Å². The number of carbonyl (C=O) groups excluding carboxylic acids is 1. The second-order valence-electron chi connectivity index (χ2n) is 5.24. The van der Waals surface area contributed by atoms with Crippen LogP contribution in [-0.2, 0) is 0 Å². The summed E-state index contributed by atoms with van der Waals surface area (Å²) in [6, 6.07) is 0.502. The molecule has 1 fully saturated rings. The van der Waals surface area contributed by atoms with Gasteiger partial charge < -0.3 is 10.2 Å². The molecule has 0 saturated heterocycles. The lowest BCUT2D eigenvalue weighted by molar-refractivity contribution is 0.0766. The smallest absolute Gasteiger partial charge is 0.274 e. The number of nitrogens with zero attached hydrogens (tertiary/aromatic N) is 3. The maximum Gasteiger partial charge on any atom is 0.274 e. The topological polar surface area (TPSA) is 58.1 Å². The van der Waals surface area contributed by atoms with Crippen LogP contribution in [0, 0.1) is 0 Å². The Balaban J connectivity index is 1.96. The highest BCUT2D eigenvalue weighted by Gasteiger charge is 2.16. The van der Waals surface area contributed by atoms with Gasteiger partial charge in [-0.25, -0.2) is 9.97 Å². The Bertz CT molecular complexity index is 422. The molecule has 5 nitrogen and oxygen atoms in total. The number of hydrogen-bond acceptors (Lipinski definition) is 4. The van der Waals surface area contributed by atoms with Crippen LogP contribution < -0.4 is 5.32 Å². The van der Waals surface area contributed by atoms with Crippen molar-refractivity contribution in [1.29, 1.82) is 0 Å². The fourth-order valence-corrected chi connectivity index (χ4v) is 2.64. The third kappa shape index (κ3) is 3.68. The van der Waals surface area contributed by atoms with Crippen molar-refractivity contribution in [2.24, 2.45) is 0 Å². The van der Waals surface area contributed by atoms with Crippen molar-refractivity contribution >= 4 is 11.7 Å². The molecule has 0 spiro atoms. The zero-order valence-corrected chi connectivity index (χ0v) is 12.4. The van der Waals surface area contributed by atoms with Gasteiger partial charge in [0.2, 0.25) is 0 Å². The van der Waals surface area contributed by atoms with Gasteiger partial charge in [0.05, 0.1) is 12.4 Å². The molecule has 1 aliphatic carbocycles. The average molecular weight is 276 g/mol. The van der Waals surface area contributed by atoms with Gasteiger partial charge in [0.1, 0.15) is 11.5 Å². The molecule has 1 N–H and O–H groups in total. The van der Waals surface area contributed by atoms with E-state index in [4.69, 9.17) is 0 Å². The van der Waals surface area contributed by atoms with Crippen LogP contribution in [0.5, 0.6) is 0 Å². The van der Waals surface area contributed by atoms with E-state index in [9.17, 15) is 4.79 Å². The van der Waals surface area contributed by atoms with Crippen molar-refractivity contribution in [3.05, 3.63) is 18.1 Å². The lowest BCUT2D eigenvalue weighted by Gasteiger charge is -2.23. The summed E-state index contributed by atoms with van der Waals surface area (Å²) in [5.74, 6) is 0.722. The van der Waals surface area contributed by atoms with E-state index in [2.05, 4.69) is 15.3 Å². The van der Waals surface area contributed by atoms with E-state index in [-0.39, 0.29) is 5.91 Å². The average Bonchev–Trinajstić information content (AvgIpc) is 2.50.